The number of hydrogen-bond donors (Lipinski definition) is 1. The summed E-state index contributed by atoms with van der Waals surface area (Å²) in [5.41, 5.74) is 0. The third kappa shape index (κ3) is 3.24. The summed E-state index contributed by atoms with van der Waals surface area (Å²) in [5.74, 6) is 2.96. The molecule has 0 saturated heterocycles. The Morgan fingerprint density at radius 1 is 1.36 bits per heavy atom. The van der Waals surface area contributed by atoms with Crippen molar-refractivity contribution in [2.45, 2.75) is 33.6 Å². The lowest BCUT2D eigenvalue weighted by molar-refractivity contribution is 0.501. The van der Waals surface area contributed by atoms with Crippen LogP contribution in [-0.2, 0) is 0 Å². The van der Waals surface area contributed by atoms with Gasteiger partial charge in [-0.1, -0.05) is 20.8 Å². The van der Waals surface area contributed by atoms with E-state index in [9.17, 15) is 0 Å². The van der Waals surface area contributed by atoms with Crippen molar-refractivity contribution >= 4 is 0 Å². The quantitative estimate of drug-likeness (QED) is 0.642. The van der Waals surface area contributed by atoms with Gasteiger partial charge in [-0.15, -0.1) is 0 Å². The Labute approximate surface area is 70.6 Å². The molecule has 2 atom stereocenters. The fourth-order valence-electron chi connectivity index (χ4n) is 1.78. The molecule has 0 aromatic heterocycles. The van der Waals surface area contributed by atoms with E-state index in [0.29, 0.717) is 0 Å². The van der Waals surface area contributed by atoms with E-state index in [0.717, 1.165) is 24.3 Å². The van der Waals surface area contributed by atoms with Crippen LogP contribution < -0.4 is 5.32 Å². The van der Waals surface area contributed by atoms with Gasteiger partial charge in [0.05, 0.1) is 0 Å². The molecule has 1 N–H and O–H groups in total. The van der Waals surface area contributed by atoms with Crippen molar-refractivity contribution in [3.05, 3.63) is 0 Å². The minimum Gasteiger partial charge on any atom is -0.317 e. The van der Waals surface area contributed by atoms with Crippen molar-refractivity contribution in [1.82, 2.24) is 5.32 Å². The van der Waals surface area contributed by atoms with Crippen molar-refractivity contribution in [2.24, 2.45) is 17.8 Å². The van der Waals surface area contributed by atoms with Gasteiger partial charge < -0.3 is 5.32 Å². The average Bonchev–Trinajstić information content (AvgIpc) is 2.62. The van der Waals surface area contributed by atoms with Crippen LogP contribution >= 0.6 is 0 Å². The molecule has 1 rings (SSSR count). The molecule has 66 valence electrons. The van der Waals surface area contributed by atoms with Crippen molar-refractivity contribution < 1.29 is 0 Å². The number of nitrogens with one attached hydrogen (secondary N) is 1. The van der Waals surface area contributed by atoms with E-state index in [1.54, 1.807) is 0 Å². The average molecular weight is 155 g/mol. The zero-order chi connectivity index (χ0) is 8.27. The summed E-state index contributed by atoms with van der Waals surface area (Å²) in [6.07, 6.45) is 2.92. The van der Waals surface area contributed by atoms with E-state index in [1.165, 1.54) is 19.4 Å². The van der Waals surface area contributed by atoms with Crippen molar-refractivity contribution in [1.29, 1.82) is 0 Å². The largest absolute Gasteiger partial charge is 0.317 e. The maximum absolute atomic E-state index is 3.41. The van der Waals surface area contributed by atoms with Gasteiger partial charge >= 0.3 is 0 Å². The minimum absolute atomic E-state index is 0.895. The van der Waals surface area contributed by atoms with Gasteiger partial charge in [0.25, 0.3) is 0 Å². The van der Waals surface area contributed by atoms with Crippen LogP contribution in [0.4, 0.5) is 0 Å². The molecule has 11 heavy (non-hydrogen) atoms. The van der Waals surface area contributed by atoms with Crippen LogP contribution in [0.1, 0.15) is 33.6 Å². The predicted octanol–water partition coefficient (Wildman–Crippen LogP) is 2.28. The molecule has 0 aromatic carbocycles. The van der Waals surface area contributed by atoms with Gasteiger partial charge in [-0.25, -0.2) is 0 Å². The van der Waals surface area contributed by atoms with E-state index in [-0.39, 0.29) is 0 Å². The second-order valence-corrected chi connectivity index (χ2v) is 4.19. The maximum atomic E-state index is 3.41. The van der Waals surface area contributed by atoms with Gasteiger partial charge in [-0.05, 0) is 43.7 Å². The number of rotatable bonds is 5. The molecule has 1 fully saturated rings. The van der Waals surface area contributed by atoms with Crippen LogP contribution in [0, 0.1) is 17.8 Å². The molecule has 0 bridgehead atoms. The highest BCUT2D eigenvalue weighted by Gasteiger charge is 2.36. The van der Waals surface area contributed by atoms with Gasteiger partial charge in [-0.3, -0.25) is 0 Å². The fraction of sp³-hybridized carbons (Fsp3) is 1.00. The highest BCUT2D eigenvalue weighted by molar-refractivity contribution is 4.87. The van der Waals surface area contributed by atoms with Crippen molar-refractivity contribution in [2.75, 3.05) is 13.1 Å². The van der Waals surface area contributed by atoms with E-state index in [1.807, 2.05) is 0 Å². The maximum Gasteiger partial charge on any atom is -0.00179 e. The highest BCUT2D eigenvalue weighted by atomic mass is 14.9. The van der Waals surface area contributed by atoms with Gasteiger partial charge in [-0.2, -0.15) is 0 Å². The Balaban J connectivity index is 1.98. The van der Waals surface area contributed by atoms with E-state index >= 15 is 0 Å². The van der Waals surface area contributed by atoms with Crippen molar-refractivity contribution in [3.8, 4) is 0 Å². The first-order valence-corrected chi connectivity index (χ1v) is 4.94. The molecule has 0 aliphatic heterocycles. The van der Waals surface area contributed by atoms with Crippen LogP contribution in [0.25, 0.3) is 0 Å². The molecule has 0 spiro atoms. The van der Waals surface area contributed by atoms with E-state index in [2.05, 4.69) is 26.1 Å². The van der Waals surface area contributed by atoms with Crippen LogP contribution in [0.5, 0.6) is 0 Å². The Kier molecular flexibility index (Phi) is 3.38. The van der Waals surface area contributed by atoms with Crippen LogP contribution in [-0.4, -0.2) is 13.1 Å². The van der Waals surface area contributed by atoms with Gasteiger partial charge in [0, 0.05) is 0 Å². The van der Waals surface area contributed by atoms with E-state index < -0.39 is 0 Å². The lowest BCUT2D eigenvalue weighted by atomic mass is 10.1. The summed E-state index contributed by atoms with van der Waals surface area (Å²) in [5, 5.41) is 3.41. The first-order valence-electron chi connectivity index (χ1n) is 4.94. The Morgan fingerprint density at radius 3 is 2.64 bits per heavy atom. The van der Waals surface area contributed by atoms with Gasteiger partial charge in [0.2, 0.25) is 0 Å². The van der Waals surface area contributed by atoms with Crippen LogP contribution in [0.3, 0.4) is 0 Å². The summed E-state index contributed by atoms with van der Waals surface area (Å²) in [7, 11) is 0. The predicted molar refractivity (Wildman–Crippen MR) is 49.6 cm³/mol. The molecule has 0 radical (unpaired) electrons. The molecular weight excluding hydrogens is 134 g/mol. The second-order valence-electron chi connectivity index (χ2n) is 4.19. The second kappa shape index (κ2) is 4.10. The lowest BCUT2D eigenvalue weighted by Crippen LogP contribution is -2.16. The summed E-state index contributed by atoms with van der Waals surface area (Å²) < 4.78 is 0. The molecular formula is C10H21N. The zero-order valence-electron chi connectivity index (χ0n) is 8.06. The van der Waals surface area contributed by atoms with Gasteiger partial charge in [0.1, 0.15) is 0 Å². The monoisotopic (exact) mass is 155 g/mol. The SMILES string of the molecule is CCNCC1CC1CC(C)C. The first kappa shape index (κ1) is 9.05. The van der Waals surface area contributed by atoms with Crippen LogP contribution in [0.15, 0.2) is 0 Å². The molecule has 1 aliphatic carbocycles. The lowest BCUT2D eigenvalue weighted by Gasteiger charge is -2.03. The first-order chi connectivity index (χ1) is 5.24. The molecule has 1 saturated carbocycles. The minimum atomic E-state index is 0.895. The van der Waals surface area contributed by atoms with Crippen molar-refractivity contribution in [3.63, 3.8) is 0 Å². The summed E-state index contributed by atoms with van der Waals surface area (Å²) in [6.45, 7) is 9.21. The molecule has 2 unspecified atom stereocenters. The Morgan fingerprint density at radius 2 is 2.09 bits per heavy atom. The summed E-state index contributed by atoms with van der Waals surface area (Å²) >= 11 is 0. The van der Waals surface area contributed by atoms with Crippen LogP contribution in [0.2, 0.25) is 0 Å². The molecule has 0 amide bonds. The van der Waals surface area contributed by atoms with E-state index in [4.69, 9.17) is 0 Å². The molecule has 0 heterocycles. The highest BCUT2D eigenvalue weighted by Crippen LogP contribution is 2.42. The normalized spacial score (nSPS) is 29.5. The number of hydrogen-bond acceptors (Lipinski definition) is 1. The topological polar surface area (TPSA) is 12.0 Å². The third-order valence-electron chi connectivity index (χ3n) is 2.50. The summed E-state index contributed by atoms with van der Waals surface area (Å²) in [6, 6.07) is 0. The summed E-state index contributed by atoms with van der Waals surface area (Å²) in [4.78, 5) is 0. The molecule has 0 aromatic rings. The molecule has 1 heteroatoms. The Hall–Kier alpha value is -0.0400. The molecule has 1 nitrogen and oxygen atoms in total. The fourth-order valence-corrected chi connectivity index (χ4v) is 1.78. The standard InChI is InChI=1S/C10H21N/c1-4-11-7-10-6-9(10)5-8(2)3/h8-11H,4-7H2,1-3H3. The Bertz CT molecular complexity index is 109. The zero-order valence-corrected chi connectivity index (χ0v) is 8.06. The third-order valence-corrected chi connectivity index (χ3v) is 2.50. The molecule has 1 aliphatic rings. The van der Waals surface area contributed by atoms with Gasteiger partial charge in [0.15, 0.2) is 0 Å². The smallest absolute Gasteiger partial charge is 0.00179 e.